The predicted octanol–water partition coefficient (Wildman–Crippen LogP) is 1.19. The number of nitrogens with one attached hydrogen (secondary N) is 1. The molecule has 0 aromatic heterocycles. The van der Waals surface area contributed by atoms with Crippen molar-refractivity contribution in [2.24, 2.45) is 0 Å². The van der Waals surface area contributed by atoms with Gasteiger partial charge in [-0.15, -0.1) is 0 Å². The molecule has 0 unspecified atom stereocenters. The molecule has 108 valence electrons. The molecular formula is C13H17N3O3S. The number of rotatable bonds is 5. The second kappa shape index (κ2) is 7.28. The summed E-state index contributed by atoms with van der Waals surface area (Å²) in [5.41, 5.74) is 0.732. The zero-order chi connectivity index (χ0) is 14.4. The summed E-state index contributed by atoms with van der Waals surface area (Å²) in [7, 11) is 0. The van der Waals surface area contributed by atoms with Gasteiger partial charge in [-0.2, -0.15) is 0 Å². The molecule has 1 fully saturated rings. The lowest BCUT2D eigenvalue weighted by Crippen LogP contribution is -2.41. The zero-order valence-corrected chi connectivity index (χ0v) is 11.9. The molecule has 0 radical (unpaired) electrons. The van der Waals surface area contributed by atoms with Crippen LogP contribution in [0.1, 0.15) is 5.56 Å². The van der Waals surface area contributed by atoms with E-state index < -0.39 is 4.92 Å². The van der Waals surface area contributed by atoms with Gasteiger partial charge in [0.05, 0.1) is 18.1 Å². The fraction of sp³-hybridized carbons (Fsp3) is 0.462. The fourth-order valence-electron chi connectivity index (χ4n) is 2.02. The largest absolute Gasteiger partial charge is 0.379 e. The molecule has 1 aliphatic heterocycles. The van der Waals surface area contributed by atoms with E-state index in [2.05, 4.69) is 10.2 Å². The number of non-ortho nitro benzene ring substituents is 1. The molecule has 1 aromatic rings. The normalized spacial score (nSPS) is 15.8. The lowest BCUT2D eigenvalue weighted by molar-refractivity contribution is -0.384. The maximum Gasteiger partial charge on any atom is 0.270 e. The van der Waals surface area contributed by atoms with Crippen molar-refractivity contribution in [2.75, 3.05) is 39.4 Å². The number of nitro groups is 1. The van der Waals surface area contributed by atoms with Crippen LogP contribution >= 0.6 is 12.2 Å². The van der Waals surface area contributed by atoms with E-state index in [1.54, 1.807) is 12.1 Å². The predicted molar refractivity (Wildman–Crippen MR) is 80.1 cm³/mol. The van der Waals surface area contributed by atoms with E-state index in [0.717, 1.165) is 39.4 Å². The second-order valence-corrected chi connectivity index (χ2v) is 4.93. The topological polar surface area (TPSA) is 67.6 Å². The number of nitro benzene ring substituents is 1. The van der Waals surface area contributed by atoms with Gasteiger partial charge in [-0.1, -0.05) is 24.4 Å². The lowest BCUT2D eigenvalue weighted by Gasteiger charge is -2.26. The van der Waals surface area contributed by atoms with Gasteiger partial charge in [0.15, 0.2) is 0 Å². The SMILES string of the molecule is O=[N+]([O-])c1cccc(C(=S)NCCN2CCOCC2)c1. The Kier molecular flexibility index (Phi) is 5.40. The number of benzene rings is 1. The molecule has 0 aliphatic carbocycles. The molecule has 0 atom stereocenters. The van der Waals surface area contributed by atoms with Gasteiger partial charge >= 0.3 is 0 Å². The number of hydrogen-bond acceptors (Lipinski definition) is 5. The minimum atomic E-state index is -0.417. The molecular weight excluding hydrogens is 278 g/mol. The Balaban J connectivity index is 1.82. The van der Waals surface area contributed by atoms with Gasteiger partial charge in [-0.05, 0) is 0 Å². The van der Waals surface area contributed by atoms with Gasteiger partial charge in [0.25, 0.3) is 5.69 Å². The van der Waals surface area contributed by atoms with Crippen LogP contribution in [-0.4, -0.2) is 54.2 Å². The van der Waals surface area contributed by atoms with E-state index in [4.69, 9.17) is 17.0 Å². The highest BCUT2D eigenvalue weighted by Crippen LogP contribution is 2.13. The fourth-order valence-corrected chi connectivity index (χ4v) is 2.24. The van der Waals surface area contributed by atoms with Crippen molar-refractivity contribution >= 4 is 22.9 Å². The molecule has 0 saturated carbocycles. The van der Waals surface area contributed by atoms with Crippen molar-refractivity contribution < 1.29 is 9.66 Å². The summed E-state index contributed by atoms with van der Waals surface area (Å²) in [5.74, 6) is 0. The third-order valence-electron chi connectivity index (χ3n) is 3.14. The van der Waals surface area contributed by atoms with Crippen LogP contribution in [0.2, 0.25) is 0 Å². The van der Waals surface area contributed by atoms with E-state index in [-0.39, 0.29) is 5.69 Å². The van der Waals surface area contributed by atoms with Gasteiger partial charge in [0, 0.05) is 43.9 Å². The lowest BCUT2D eigenvalue weighted by atomic mass is 10.2. The Labute approximate surface area is 122 Å². The summed E-state index contributed by atoms with van der Waals surface area (Å²) in [6, 6.07) is 6.37. The third-order valence-corrected chi connectivity index (χ3v) is 3.52. The van der Waals surface area contributed by atoms with Gasteiger partial charge in [0.1, 0.15) is 4.99 Å². The Morgan fingerprint density at radius 1 is 1.45 bits per heavy atom. The van der Waals surface area contributed by atoms with E-state index in [9.17, 15) is 10.1 Å². The number of thiocarbonyl (C=S) groups is 1. The number of nitrogens with zero attached hydrogens (tertiary/aromatic N) is 2. The molecule has 0 spiro atoms. The highest BCUT2D eigenvalue weighted by atomic mass is 32.1. The van der Waals surface area contributed by atoms with Crippen LogP contribution in [0.4, 0.5) is 5.69 Å². The number of ether oxygens (including phenoxy) is 1. The summed E-state index contributed by atoms with van der Waals surface area (Å²) in [5, 5.41) is 13.9. The summed E-state index contributed by atoms with van der Waals surface area (Å²) in [6.45, 7) is 5.03. The monoisotopic (exact) mass is 295 g/mol. The van der Waals surface area contributed by atoms with E-state index >= 15 is 0 Å². The maximum absolute atomic E-state index is 10.7. The van der Waals surface area contributed by atoms with Crippen LogP contribution in [0.15, 0.2) is 24.3 Å². The van der Waals surface area contributed by atoms with Crippen LogP contribution in [0.25, 0.3) is 0 Å². The minimum Gasteiger partial charge on any atom is -0.379 e. The summed E-state index contributed by atoms with van der Waals surface area (Å²) >= 11 is 5.26. The minimum absolute atomic E-state index is 0.0554. The Morgan fingerprint density at radius 2 is 2.20 bits per heavy atom. The Morgan fingerprint density at radius 3 is 2.90 bits per heavy atom. The van der Waals surface area contributed by atoms with Crippen LogP contribution in [0.5, 0.6) is 0 Å². The molecule has 1 aliphatic rings. The molecule has 6 nitrogen and oxygen atoms in total. The maximum atomic E-state index is 10.7. The van der Waals surface area contributed by atoms with Crippen molar-refractivity contribution in [3.63, 3.8) is 0 Å². The smallest absolute Gasteiger partial charge is 0.270 e. The van der Waals surface area contributed by atoms with Crippen LogP contribution < -0.4 is 5.32 Å². The Hall–Kier alpha value is -1.57. The highest BCUT2D eigenvalue weighted by molar-refractivity contribution is 7.80. The quantitative estimate of drug-likeness (QED) is 0.500. The first kappa shape index (κ1) is 14.8. The standard InChI is InChI=1S/C13H17N3O3S/c17-16(18)12-3-1-2-11(10-12)13(20)14-4-5-15-6-8-19-9-7-15/h1-3,10H,4-9H2,(H,14,20). The number of morpholine rings is 1. The Bertz CT molecular complexity index is 490. The molecule has 1 N–H and O–H groups in total. The summed E-state index contributed by atoms with van der Waals surface area (Å²) in [6.07, 6.45) is 0. The van der Waals surface area contributed by atoms with Gasteiger partial charge in [0.2, 0.25) is 0 Å². The van der Waals surface area contributed by atoms with Crippen molar-refractivity contribution in [1.82, 2.24) is 10.2 Å². The third kappa shape index (κ3) is 4.22. The first-order valence-electron chi connectivity index (χ1n) is 6.49. The highest BCUT2D eigenvalue weighted by Gasteiger charge is 2.11. The molecule has 1 aromatic carbocycles. The summed E-state index contributed by atoms with van der Waals surface area (Å²) < 4.78 is 5.28. The number of hydrogen-bond donors (Lipinski definition) is 1. The molecule has 0 bridgehead atoms. The molecule has 1 heterocycles. The van der Waals surface area contributed by atoms with Gasteiger partial charge < -0.3 is 10.1 Å². The van der Waals surface area contributed by atoms with Crippen LogP contribution in [0.3, 0.4) is 0 Å². The molecule has 0 amide bonds. The molecule has 7 heteroatoms. The average Bonchev–Trinajstić information content (AvgIpc) is 2.48. The molecule has 20 heavy (non-hydrogen) atoms. The zero-order valence-electron chi connectivity index (χ0n) is 11.1. The van der Waals surface area contributed by atoms with Crippen molar-refractivity contribution in [1.29, 1.82) is 0 Å². The van der Waals surface area contributed by atoms with E-state index in [0.29, 0.717) is 10.6 Å². The van der Waals surface area contributed by atoms with Gasteiger partial charge in [-0.3, -0.25) is 15.0 Å². The van der Waals surface area contributed by atoms with Crippen LogP contribution in [0, 0.1) is 10.1 Å². The van der Waals surface area contributed by atoms with E-state index in [1.165, 1.54) is 12.1 Å². The van der Waals surface area contributed by atoms with Crippen molar-refractivity contribution in [3.8, 4) is 0 Å². The second-order valence-electron chi connectivity index (χ2n) is 4.52. The average molecular weight is 295 g/mol. The van der Waals surface area contributed by atoms with Gasteiger partial charge in [-0.25, -0.2) is 0 Å². The van der Waals surface area contributed by atoms with Crippen molar-refractivity contribution in [3.05, 3.63) is 39.9 Å². The molecule has 1 saturated heterocycles. The van der Waals surface area contributed by atoms with Crippen molar-refractivity contribution in [2.45, 2.75) is 0 Å². The first-order chi connectivity index (χ1) is 9.66. The first-order valence-corrected chi connectivity index (χ1v) is 6.90. The molecule has 2 rings (SSSR count). The van der Waals surface area contributed by atoms with E-state index in [1.807, 2.05) is 0 Å². The summed E-state index contributed by atoms with van der Waals surface area (Å²) in [4.78, 5) is 13.1. The van der Waals surface area contributed by atoms with Crippen LogP contribution in [-0.2, 0) is 4.74 Å².